The largest absolute Gasteiger partial charge is 0.497 e. The van der Waals surface area contributed by atoms with Crippen LogP contribution in [0.1, 0.15) is 23.8 Å². The highest BCUT2D eigenvalue weighted by Gasteiger charge is 2.15. The summed E-state index contributed by atoms with van der Waals surface area (Å²) < 4.78 is 10.2. The van der Waals surface area contributed by atoms with E-state index in [4.69, 9.17) is 9.47 Å². The molecule has 1 atom stereocenters. The molecule has 1 unspecified atom stereocenters. The molecule has 0 spiro atoms. The number of aliphatic hydroxyl groups is 1. The van der Waals surface area contributed by atoms with Crippen molar-refractivity contribution in [2.45, 2.75) is 18.9 Å². The molecule has 1 aromatic heterocycles. The number of benzene rings is 1. The van der Waals surface area contributed by atoms with Gasteiger partial charge < -0.3 is 14.6 Å². The third-order valence-corrected chi connectivity index (χ3v) is 3.07. The first-order valence-electron chi connectivity index (χ1n) is 6.40. The molecule has 1 N–H and O–H groups in total. The van der Waals surface area contributed by atoms with Gasteiger partial charge in [0.25, 0.3) is 0 Å². The van der Waals surface area contributed by atoms with Crippen molar-refractivity contribution in [1.82, 2.24) is 9.97 Å². The van der Waals surface area contributed by atoms with E-state index in [0.717, 1.165) is 17.7 Å². The fourth-order valence-corrected chi connectivity index (χ4v) is 1.95. The summed E-state index contributed by atoms with van der Waals surface area (Å²) in [6.07, 6.45) is 3.69. The SMILES string of the molecule is COc1ccc(CCC(O)c2nccnc2OC)cc1. The lowest BCUT2D eigenvalue weighted by atomic mass is 10.0. The van der Waals surface area contributed by atoms with Crippen molar-refractivity contribution in [3.8, 4) is 11.6 Å². The number of hydrogen-bond acceptors (Lipinski definition) is 5. The van der Waals surface area contributed by atoms with E-state index >= 15 is 0 Å². The fraction of sp³-hybridized carbons (Fsp3) is 0.333. The summed E-state index contributed by atoms with van der Waals surface area (Å²) in [6.45, 7) is 0. The first-order chi connectivity index (χ1) is 9.74. The first-order valence-corrected chi connectivity index (χ1v) is 6.40. The molecular weight excluding hydrogens is 256 g/mol. The molecule has 0 amide bonds. The minimum Gasteiger partial charge on any atom is -0.497 e. The Morgan fingerprint density at radius 3 is 2.40 bits per heavy atom. The van der Waals surface area contributed by atoms with Crippen molar-refractivity contribution >= 4 is 0 Å². The topological polar surface area (TPSA) is 64.5 Å². The van der Waals surface area contributed by atoms with Gasteiger partial charge in [0, 0.05) is 12.4 Å². The number of rotatable bonds is 6. The number of aliphatic hydroxyl groups excluding tert-OH is 1. The summed E-state index contributed by atoms with van der Waals surface area (Å²) in [4.78, 5) is 8.17. The molecule has 2 aromatic rings. The molecule has 2 rings (SSSR count). The summed E-state index contributed by atoms with van der Waals surface area (Å²) >= 11 is 0. The summed E-state index contributed by atoms with van der Waals surface area (Å²) in [7, 11) is 3.16. The van der Waals surface area contributed by atoms with Crippen LogP contribution in [0.3, 0.4) is 0 Å². The molecule has 0 radical (unpaired) electrons. The molecule has 20 heavy (non-hydrogen) atoms. The third kappa shape index (κ3) is 3.45. The molecule has 1 heterocycles. The Morgan fingerprint density at radius 2 is 1.75 bits per heavy atom. The van der Waals surface area contributed by atoms with E-state index in [1.54, 1.807) is 19.5 Å². The molecule has 0 aliphatic heterocycles. The van der Waals surface area contributed by atoms with E-state index in [0.29, 0.717) is 18.0 Å². The van der Waals surface area contributed by atoms with Crippen molar-refractivity contribution in [3.63, 3.8) is 0 Å². The third-order valence-electron chi connectivity index (χ3n) is 3.07. The van der Waals surface area contributed by atoms with Crippen LogP contribution in [-0.4, -0.2) is 29.3 Å². The predicted molar refractivity (Wildman–Crippen MR) is 74.9 cm³/mol. The van der Waals surface area contributed by atoms with E-state index in [-0.39, 0.29) is 0 Å². The molecule has 106 valence electrons. The normalized spacial score (nSPS) is 11.9. The van der Waals surface area contributed by atoms with Gasteiger partial charge in [0.15, 0.2) is 0 Å². The molecular formula is C15H18N2O3. The Morgan fingerprint density at radius 1 is 1.05 bits per heavy atom. The van der Waals surface area contributed by atoms with Crippen molar-refractivity contribution in [3.05, 3.63) is 47.9 Å². The molecule has 0 bridgehead atoms. The predicted octanol–water partition coefficient (Wildman–Crippen LogP) is 2.16. The van der Waals surface area contributed by atoms with Crippen LogP contribution in [0.2, 0.25) is 0 Å². The second-order valence-corrected chi connectivity index (χ2v) is 4.35. The first kappa shape index (κ1) is 14.3. The monoisotopic (exact) mass is 274 g/mol. The maximum absolute atomic E-state index is 10.2. The number of ether oxygens (including phenoxy) is 2. The molecule has 0 saturated carbocycles. The number of aryl methyl sites for hydroxylation is 1. The van der Waals surface area contributed by atoms with Gasteiger partial charge in [-0.25, -0.2) is 4.98 Å². The van der Waals surface area contributed by atoms with Gasteiger partial charge in [-0.3, -0.25) is 4.98 Å². The number of hydrogen-bond donors (Lipinski definition) is 1. The van der Waals surface area contributed by atoms with Crippen molar-refractivity contribution < 1.29 is 14.6 Å². The number of methoxy groups -OCH3 is 2. The van der Waals surface area contributed by atoms with E-state index in [2.05, 4.69) is 9.97 Å². The Balaban J connectivity index is 1.98. The van der Waals surface area contributed by atoms with Gasteiger partial charge in [0.05, 0.1) is 14.2 Å². The van der Waals surface area contributed by atoms with Gasteiger partial charge in [-0.2, -0.15) is 0 Å². The minimum atomic E-state index is -0.694. The van der Waals surface area contributed by atoms with E-state index in [1.807, 2.05) is 24.3 Å². The second-order valence-electron chi connectivity index (χ2n) is 4.35. The fourth-order valence-electron chi connectivity index (χ4n) is 1.95. The van der Waals surface area contributed by atoms with E-state index < -0.39 is 6.10 Å². The van der Waals surface area contributed by atoms with Crippen LogP contribution in [0.15, 0.2) is 36.7 Å². The van der Waals surface area contributed by atoms with Gasteiger partial charge in [0.2, 0.25) is 5.88 Å². The zero-order valence-electron chi connectivity index (χ0n) is 11.6. The Hall–Kier alpha value is -2.14. The minimum absolute atomic E-state index is 0.370. The summed E-state index contributed by atoms with van der Waals surface area (Å²) in [5, 5.41) is 10.2. The average molecular weight is 274 g/mol. The van der Waals surface area contributed by atoms with Crippen molar-refractivity contribution in [1.29, 1.82) is 0 Å². The zero-order chi connectivity index (χ0) is 14.4. The van der Waals surface area contributed by atoms with Crippen LogP contribution in [0.5, 0.6) is 11.6 Å². The Bertz CT molecular complexity index is 543. The van der Waals surface area contributed by atoms with Crippen LogP contribution in [0.25, 0.3) is 0 Å². The molecule has 0 aliphatic carbocycles. The highest BCUT2D eigenvalue weighted by molar-refractivity contribution is 5.27. The highest BCUT2D eigenvalue weighted by Crippen LogP contribution is 2.24. The lowest BCUT2D eigenvalue weighted by Crippen LogP contribution is -2.06. The Kier molecular flexibility index (Phi) is 4.90. The van der Waals surface area contributed by atoms with Crippen LogP contribution >= 0.6 is 0 Å². The van der Waals surface area contributed by atoms with Crippen LogP contribution in [0.4, 0.5) is 0 Å². The van der Waals surface area contributed by atoms with E-state index in [1.165, 1.54) is 7.11 Å². The lowest BCUT2D eigenvalue weighted by molar-refractivity contribution is 0.157. The van der Waals surface area contributed by atoms with Crippen molar-refractivity contribution in [2.75, 3.05) is 14.2 Å². The van der Waals surface area contributed by atoms with Gasteiger partial charge in [0.1, 0.15) is 17.5 Å². The van der Waals surface area contributed by atoms with Crippen LogP contribution in [-0.2, 0) is 6.42 Å². The quantitative estimate of drug-likeness (QED) is 0.874. The van der Waals surface area contributed by atoms with Crippen molar-refractivity contribution in [2.24, 2.45) is 0 Å². The zero-order valence-corrected chi connectivity index (χ0v) is 11.6. The molecule has 0 aliphatic rings. The van der Waals surface area contributed by atoms with Gasteiger partial charge in [-0.05, 0) is 30.5 Å². The van der Waals surface area contributed by atoms with Crippen LogP contribution in [0, 0.1) is 0 Å². The smallest absolute Gasteiger partial charge is 0.238 e. The van der Waals surface area contributed by atoms with Crippen LogP contribution < -0.4 is 9.47 Å². The average Bonchev–Trinajstić information content (AvgIpc) is 2.53. The number of nitrogens with zero attached hydrogens (tertiary/aromatic N) is 2. The molecule has 5 nitrogen and oxygen atoms in total. The maximum Gasteiger partial charge on any atom is 0.238 e. The Labute approximate surface area is 118 Å². The van der Waals surface area contributed by atoms with Gasteiger partial charge >= 0.3 is 0 Å². The molecule has 1 aromatic carbocycles. The highest BCUT2D eigenvalue weighted by atomic mass is 16.5. The molecule has 0 fully saturated rings. The number of aromatic nitrogens is 2. The van der Waals surface area contributed by atoms with Gasteiger partial charge in [-0.1, -0.05) is 12.1 Å². The maximum atomic E-state index is 10.2. The standard InChI is InChI=1S/C15H18N2O3/c1-19-12-6-3-11(4-7-12)5-8-13(18)14-15(20-2)17-10-9-16-14/h3-4,6-7,9-10,13,18H,5,8H2,1-2H3. The second kappa shape index (κ2) is 6.86. The summed E-state index contributed by atoms with van der Waals surface area (Å²) in [5.74, 6) is 1.19. The van der Waals surface area contributed by atoms with Gasteiger partial charge in [-0.15, -0.1) is 0 Å². The summed E-state index contributed by atoms with van der Waals surface area (Å²) in [5.41, 5.74) is 1.61. The molecule has 0 saturated heterocycles. The van der Waals surface area contributed by atoms with E-state index in [9.17, 15) is 5.11 Å². The lowest BCUT2D eigenvalue weighted by Gasteiger charge is -2.12. The summed E-state index contributed by atoms with van der Waals surface area (Å²) in [6, 6.07) is 7.79. The molecule has 5 heteroatoms.